The predicted molar refractivity (Wildman–Crippen MR) is 113 cm³/mol. The number of hydrogen-bond donors (Lipinski definition) is 3. The lowest BCUT2D eigenvalue weighted by molar-refractivity contribution is -0.0505. The number of halogens is 3. The summed E-state index contributed by atoms with van der Waals surface area (Å²) in [5.74, 6) is 1.16. The standard InChI is InChI=1S/C18H29F2N3O3.HI/c1-4-8-25-15-7-6-14(16(9-15)26-17(19)20)11-23-18(21-5-2)22-10-13(3)12-24;/h6-7,9,13,17,24H,4-5,8,10-12H2,1-3H3,(H2,21,22,23);1H. The predicted octanol–water partition coefficient (Wildman–Crippen LogP) is 3.38. The summed E-state index contributed by atoms with van der Waals surface area (Å²) in [6.07, 6.45) is 0.820. The highest BCUT2D eigenvalue weighted by Gasteiger charge is 2.12. The number of alkyl halides is 2. The number of nitrogens with one attached hydrogen (secondary N) is 2. The van der Waals surface area contributed by atoms with Crippen LogP contribution in [-0.2, 0) is 6.54 Å². The van der Waals surface area contributed by atoms with Gasteiger partial charge in [0.05, 0.1) is 13.2 Å². The molecule has 1 aromatic carbocycles. The quantitative estimate of drug-likeness (QED) is 0.246. The van der Waals surface area contributed by atoms with E-state index >= 15 is 0 Å². The molecule has 0 saturated carbocycles. The number of aliphatic hydroxyl groups excluding tert-OH is 1. The van der Waals surface area contributed by atoms with Crippen molar-refractivity contribution in [2.45, 2.75) is 40.3 Å². The number of aliphatic imine (C=N–C) groups is 1. The molecular formula is C18H30F2IN3O3. The Bertz CT molecular complexity index is 563. The molecule has 1 aromatic rings. The molecule has 3 N–H and O–H groups in total. The maximum atomic E-state index is 12.7. The summed E-state index contributed by atoms with van der Waals surface area (Å²) < 4.78 is 35.5. The zero-order chi connectivity index (χ0) is 19.4. The summed E-state index contributed by atoms with van der Waals surface area (Å²) in [6.45, 7) is 4.82. The minimum absolute atomic E-state index is 0. The number of guanidine groups is 1. The van der Waals surface area contributed by atoms with Crippen molar-refractivity contribution >= 4 is 29.9 Å². The monoisotopic (exact) mass is 501 g/mol. The van der Waals surface area contributed by atoms with Crippen molar-refractivity contribution in [3.63, 3.8) is 0 Å². The second-order valence-electron chi connectivity index (χ2n) is 5.86. The lowest BCUT2D eigenvalue weighted by Gasteiger charge is -2.15. The van der Waals surface area contributed by atoms with Crippen LogP contribution >= 0.6 is 24.0 Å². The molecule has 0 saturated heterocycles. The van der Waals surface area contributed by atoms with Crippen LogP contribution in [0.4, 0.5) is 8.78 Å². The van der Waals surface area contributed by atoms with E-state index in [-0.39, 0.29) is 48.8 Å². The molecular weight excluding hydrogens is 471 g/mol. The lowest BCUT2D eigenvalue weighted by atomic mass is 10.2. The van der Waals surface area contributed by atoms with E-state index in [0.29, 0.717) is 37.0 Å². The normalized spacial score (nSPS) is 12.3. The minimum Gasteiger partial charge on any atom is -0.493 e. The molecule has 0 amide bonds. The first kappa shape index (κ1) is 25.6. The molecule has 6 nitrogen and oxygen atoms in total. The Morgan fingerprint density at radius 3 is 2.59 bits per heavy atom. The molecule has 0 aliphatic rings. The molecule has 0 aliphatic carbocycles. The molecule has 0 aliphatic heterocycles. The van der Waals surface area contributed by atoms with E-state index in [1.54, 1.807) is 12.1 Å². The van der Waals surface area contributed by atoms with Gasteiger partial charge >= 0.3 is 6.61 Å². The second-order valence-corrected chi connectivity index (χ2v) is 5.86. The van der Waals surface area contributed by atoms with E-state index in [0.717, 1.165) is 6.42 Å². The Labute approximate surface area is 176 Å². The minimum atomic E-state index is -2.92. The Kier molecular flexibility index (Phi) is 13.9. The van der Waals surface area contributed by atoms with Crippen LogP contribution in [0.1, 0.15) is 32.8 Å². The van der Waals surface area contributed by atoms with E-state index in [4.69, 9.17) is 9.84 Å². The molecule has 0 spiro atoms. The van der Waals surface area contributed by atoms with Gasteiger partial charge in [-0.2, -0.15) is 8.78 Å². The Hall–Kier alpha value is -1.36. The van der Waals surface area contributed by atoms with Crippen LogP contribution in [0.25, 0.3) is 0 Å². The van der Waals surface area contributed by atoms with Crippen LogP contribution in [-0.4, -0.2) is 44.0 Å². The van der Waals surface area contributed by atoms with E-state index in [9.17, 15) is 8.78 Å². The summed E-state index contributed by atoms with van der Waals surface area (Å²) in [6, 6.07) is 4.85. The number of benzene rings is 1. The lowest BCUT2D eigenvalue weighted by Crippen LogP contribution is -2.39. The SMILES string of the molecule is CCCOc1ccc(CN=C(NCC)NCC(C)CO)c(OC(F)F)c1.I. The van der Waals surface area contributed by atoms with Gasteiger partial charge in [0.15, 0.2) is 5.96 Å². The average molecular weight is 501 g/mol. The van der Waals surface area contributed by atoms with Gasteiger partial charge in [0.25, 0.3) is 0 Å². The maximum absolute atomic E-state index is 12.7. The highest BCUT2D eigenvalue weighted by atomic mass is 127. The second kappa shape index (κ2) is 14.7. The van der Waals surface area contributed by atoms with Crippen LogP contribution in [0.15, 0.2) is 23.2 Å². The van der Waals surface area contributed by atoms with Gasteiger partial charge in [-0.3, -0.25) is 0 Å². The number of ether oxygens (including phenoxy) is 2. The van der Waals surface area contributed by atoms with Crippen LogP contribution in [0.5, 0.6) is 11.5 Å². The van der Waals surface area contributed by atoms with Gasteiger partial charge in [0, 0.05) is 31.3 Å². The summed E-state index contributed by atoms with van der Waals surface area (Å²) in [5, 5.41) is 15.3. The fourth-order valence-corrected chi connectivity index (χ4v) is 2.02. The van der Waals surface area contributed by atoms with Crippen LogP contribution in [0.3, 0.4) is 0 Å². The Balaban J connectivity index is 0.00000676. The molecule has 0 fully saturated rings. The third-order valence-corrected chi connectivity index (χ3v) is 3.41. The summed E-state index contributed by atoms with van der Waals surface area (Å²) in [4.78, 5) is 4.40. The molecule has 1 unspecified atom stereocenters. The van der Waals surface area contributed by atoms with Crippen LogP contribution in [0, 0.1) is 5.92 Å². The largest absolute Gasteiger partial charge is 0.493 e. The summed E-state index contributed by atoms with van der Waals surface area (Å²) >= 11 is 0. The van der Waals surface area contributed by atoms with Gasteiger partial charge in [0.2, 0.25) is 0 Å². The summed E-state index contributed by atoms with van der Waals surface area (Å²) in [5.41, 5.74) is 0.529. The third-order valence-electron chi connectivity index (χ3n) is 3.41. The van der Waals surface area contributed by atoms with Crippen molar-refractivity contribution in [1.82, 2.24) is 10.6 Å². The Morgan fingerprint density at radius 1 is 1.26 bits per heavy atom. The summed E-state index contributed by atoms with van der Waals surface area (Å²) in [7, 11) is 0. The van der Waals surface area contributed by atoms with Crippen LogP contribution in [0.2, 0.25) is 0 Å². The molecule has 1 atom stereocenters. The molecule has 0 aromatic heterocycles. The first-order valence-corrected chi connectivity index (χ1v) is 8.83. The molecule has 1 rings (SSSR count). The molecule has 156 valence electrons. The van der Waals surface area contributed by atoms with E-state index < -0.39 is 6.61 Å². The number of nitrogens with zero attached hydrogens (tertiary/aromatic N) is 1. The van der Waals surface area contributed by atoms with Crippen molar-refractivity contribution in [3.8, 4) is 11.5 Å². The average Bonchev–Trinajstić information content (AvgIpc) is 2.62. The van der Waals surface area contributed by atoms with Gasteiger partial charge < -0.3 is 25.2 Å². The van der Waals surface area contributed by atoms with Gasteiger partial charge in [-0.05, 0) is 31.4 Å². The van der Waals surface area contributed by atoms with Crippen molar-refractivity contribution in [2.24, 2.45) is 10.9 Å². The smallest absolute Gasteiger partial charge is 0.387 e. The molecule has 0 bridgehead atoms. The van der Waals surface area contributed by atoms with Gasteiger partial charge in [-0.1, -0.05) is 13.8 Å². The zero-order valence-electron chi connectivity index (χ0n) is 16.0. The van der Waals surface area contributed by atoms with Gasteiger partial charge in [-0.15, -0.1) is 24.0 Å². The van der Waals surface area contributed by atoms with Crippen molar-refractivity contribution in [1.29, 1.82) is 0 Å². The van der Waals surface area contributed by atoms with E-state index in [2.05, 4.69) is 20.4 Å². The third kappa shape index (κ3) is 10.5. The Morgan fingerprint density at radius 2 is 2.00 bits per heavy atom. The number of aliphatic hydroxyl groups is 1. The maximum Gasteiger partial charge on any atom is 0.387 e. The molecule has 9 heteroatoms. The first-order chi connectivity index (χ1) is 12.5. The van der Waals surface area contributed by atoms with Gasteiger partial charge in [-0.25, -0.2) is 4.99 Å². The van der Waals surface area contributed by atoms with Crippen molar-refractivity contribution in [2.75, 3.05) is 26.3 Å². The highest BCUT2D eigenvalue weighted by molar-refractivity contribution is 14.0. The zero-order valence-corrected chi connectivity index (χ0v) is 18.3. The van der Waals surface area contributed by atoms with Gasteiger partial charge in [0.1, 0.15) is 11.5 Å². The number of hydrogen-bond acceptors (Lipinski definition) is 4. The van der Waals surface area contributed by atoms with Crippen molar-refractivity contribution < 1.29 is 23.4 Å². The fourth-order valence-electron chi connectivity index (χ4n) is 2.02. The fraction of sp³-hybridized carbons (Fsp3) is 0.611. The number of rotatable bonds is 11. The van der Waals surface area contributed by atoms with E-state index in [1.807, 2.05) is 20.8 Å². The first-order valence-electron chi connectivity index (χ1n) is 8.83. The molecule has 27 heavy (non-hydrogen) atoms. The van der Waals surface area contributed by atoms with Crippen molar-refractivity contribution in [3.05, 3.63) is 23.8 Å². The molecule has 0 radical (unpaired) electrons. The molecule has 0 heterocycles. The topological polar surface area (TPSA) is 75.1 Å². The van der Waals surface area contributed by atoms with E-state index in [1.165, 1.54) is 6.07 Å². The highest BCUT2D eigenvalue weighted by Crippen LogP contribution is 2.27. The van der Waals surface area contributed by atoms with Crippen LogP contribution < -0.4 is 20.1 Å².